The van der Waals surface area contributed by atoms with Crippen molar-refractivity contribution < 1.29 is 5.11 Å². The van der Waals surface area contributed by atoms with Crippen LogP contribution in [0.4, 0.5) is 0 Å². The Labute approximate surface area is 117 Å². The Morgan fingerprint density at radius 2 is 2.11 bits per heavy atom. The lowest BCUT2D eigenvalue weighted by Gasteiger charge is -2.06. The van der Waals surface area contributed by atoms with Gasteiger partial charge in [0.05, 0.1) is 12.3 Å². The molecule has 19 heavy (non-hydrogen) atoms. The van der Waals surface area contributed by atoms with Gasteiger partial charge in [0.1, 0.15) is 5.15 Å². The molecule has 0 atom stereocenters. The average molecular weight is 278 g/mol. The second kappa shape index (κ2) is 5.31. The third-order valence-corrected chi connectivity index (χ3v) is 4.11. The van der Waals surface area contributed by atoms with Gasteiger partial charge in [0.2, 0.25) is 0 Å². The van der Waals surface area contributed by atoms with Gasteiger partial charge in [0.15, 0.2) is 5.82 Å². The van der Waals surface area contributed by atoms with Crippen LogP contribution in [-0.4, -0.2) is 19.9 Å². The summed E-state index contributed by atoms with van der Waals surface area (Å²) in [5.74, 6) is 1.11. The van der Waals surface area contributed by atoms with Gasteiger partial charge in [-0.2, -0.15) is 5.10 Å². The van der Waals surface area contributed by atoms with E-state index in [0.717, 1.165) is 24.1 Å². The topological polar surface area (TPSA) is 50.9 Å². The summed E-state index contributed by atoms with van der Waals surface area (Å²) >= 11 is 6.34. The molecule has 2 aromatic rings. The van der Waals surface area contributed by atoms with Gasteiger partial charge in [0, 0.05) is 17.7 Å². The van der Waals surface area contributed by atoms with Crippen molar-refractivity contribution in [2.24, 2.45) is 0 Å². The Morgan fingerprint density at radius 1 is 1.32 bits per heavy atom. The molecule has 0 bridgehead atoms. The van der Waals surface area contributed by atoms with Crippen LogP contribution in [0.1, 0.15) is 42.9 Å². The van der Waals surface area contributed by atoms with Crippen LogP contribution in [0.15, 0.2) is 24.4 Å². The van der Waals surface area contributed by atoms with Crippen molar-refractivity contribution >= 4 is 11.6 Å². The number of hydrogen-bond donors (Lipinski definition) is 1. The van der Waals surface area contributed by atoms with Crippen molar-refractivity contribution in [2.45, 2.75) is 38.2 Å². The van der Waals surface area contributed by atoms with Crippen LogP contribution in [-0.2, 0) is 6.61 Å². The molecule has 0 spiro atoms. The quantitative estimate of drug-likeness (QED) is 0.938. The zero-order valence-corrected chi connectivity index (χ0v) is 11.3. The van der Waals surface area contributed by atoms with Crippen molar-refractivity contribution in [3.63, 3.8) is 0 Å². The first kappa shape index (κ1) is 12.6. The number of hydrogen-bond acceptors (Lipinski definition) is 3. The maximum atomic E-state index is 9.56. The molecule has 0 aromatic carbocycles. The summed E-state index contributed by atoms with van der Waals surface area (Å²) in [4.78, 5) is 4.26. The first-order chi connectivity index (χ1) is 9.31. The number of aromatic nitrogens is 3. The van der Waals surface area contributed by atoms with Crippen LogP contribution in [0.3, 0.4) is 0 Å². The van der Waals surface area contributed by atoms with Crippen LogP contribution < -0.4 is 0 Å². The van der Waals surface area contributed by atoms with E-state index in [1.807, 2.05) is 18.2 Å². The van der Waals surface area contributed by atoms with Crippen molar-refractivity contribution in [3.8, 4) is 5.82 Å². The highest BCUT2D eigenvalue weighted by molar-refractivity contribution is 6.30. The predicted octanol–water partition coefficient (Wildman–Crippen LogP) is 3.07. The number of nitrogens with zero attached hydrogens (tertiary/aromatic N) is 3. The zero-order valence-electron chi connectivity index (χ0n) is 10.6. The smallest absolute Gasteiger partial charge is 0.155 e. The summed E-state index contributed by atoms with van der Waals surface area (Å²) in [7, 11) is 0. The second-order valence-electron chi connectivity index (χ2n) is 4.89. The molecule has 1 fully saturated rings. The van der Waals surface area contributed by atoms with E-state index in [0.29, 0.717) is 16.9 Å². The fourth-order valence-corrected chi connectivity index (χ4v) is 3.03. The molecule has 3 rings (SSSR count). The van der Waals surface area contributed by atoms with Gasteiger partial charge in [-0.15, -0.1) is 0 Å². The van der Waals surface area contributed by atoms with Crippen LogP contribution in [0, 0.1) is 0 Å². The average Bonchev–Trinajstić information content (AvgIpc) is 3.07. The van der Waals surface area contributed by atoms with E-state index in [9.17, 15) is 5.11 Å². The van der Waals surface area contributed by atoms with Crippen LogP contribution in [0.5, 0.6) is 0 Å². The number of halogens is 1. The van der Waals surface area contributed by atoms with Gasteiger partial charge in [0.25, 0.3) is 0 Å². The standard InChI is InChI=1S/C14H16ClN3O/c15-14-11(9-19)13(10-5-1-2-6-10)17-18(14)12-7-3-4-8-16-12/h3-4,7-8,10,19H,1-2,5-6,9H2. The molecule has 100 valence electrons. The van der Waals surface area contributed by atoms with Gasteiger partial charge in [-0.3, -0.25) is 0 Å². The normalized spacial score (nSPS) is 16.1. The maximum absolute atomic E-state index is 9.56. The van der Waals surface area contributed by atoms with Gasteiger partial charge in [-0.25, -0.2) is 9.67 Å². The number of rotatable bonds is 3. The third-order valence-electron chi connectivity index (χ3n) is 3.72. The fourth-order valence-electron chi connectivity index (χ4n) is 2.75. The summed E-state index contributed by atoms with van der Waals surface area (Å²) < 4.78 is 1.63. The number of aliphatic hydroxyl groups is 1. The number of aliphatic hydroxyl groups excluding tert-OH is 1. The molecule has 0 unspecified atom stereocenters. The largest absolute Gasteiger partial charge is 0.391 e. The van der Waals surface area contributed by atoms with Gasteiger partial charge in [-0.05, 0) is 25.0 Å². The van der Waals surface area contributed by atoms with Crippen molar-refractivity contribution in [2.75, 3.05) is 0 Å². The Hall–Kier alpha value is -1.39. The Bertz CT molecular complexity index is 562. The summed E-state index contributed by atoms with van der Waals surface area (Å²) in [6.45, 7) is -0.0719. The fraction of sp³-hybridized carbons (Fsp3) is 0.429. The van der Waals surface area contributed by atoms with Crippen LogP contribution in [0.25, 0.3) is 5.82 Å². The molecule has 0 aliphatic heterocycles. The molecule has 1 aliphatic rings. The summed E-state index contributed by atoms with van der Waals surface area (Å²) in [5.41, 5.74) is 1.69. The first-order valence-corrected chi connectivity index (χ1v) is 6.98. The highest BCUT2D eigenvalue weighted by atomic mass is 35.5. The lowest BCUT2D eigenvalue weighted by molar-refractivity contribution is 0.280. The summed E-state index contributed by atoms with van der Waals surface area (Å²) in [6, 6.07) is 5.61. The van der Waals surface area contributed by atoms with Crippen molar-refractivity contribution in [3.05, 3.63) is 40.8 Å². The minimum atomic E-state index is -0.0719. The van der Waals surface area contributed by atoms with Crippen molar-refractivity contribution in [1.82, 2.24) is 14.8 Å². The second-order valence-corrected chi connectivity index (χ2v) is 5.25. The molecule has 0 radical (unpaired) electrons. The minimum absolute atomic E-state index is 0.0719. The lowest BCUT2D eigenvalue weighted by atomic mass is 10.0. The van der Waals surface area contributed by atoms with Crippen LogP contribution in [0.2, 0.25) is 5.15 Å². The lowest BCUT2D eigenvalue weighted by Crippen LogP contribution is -2.01. The van der Waals surface area contributed by atoms with E-state index in [2.05, 4.69) is 10.1 Å². The van der Waals surface area contributed by atoms with E-state index in [4.69, 9.17) is 11.6 Å². The molecule has 1 aliphatic carbocycles. The van der Waals surface area contributed by atoms with Gasteiger partial charge in [-0.1, -0.05) is 30.5 Å². The zero-order chi connectivity index (χ0) is 13.2. The van der Waals surface area contributed by atoms with E-state index in [1.165, 1.54) is 12.8 Å². The summed E-state index contributed by atoms with van der Waals surface area (Å²) in [6.07, 6.45) is 6.42. The first-order valence-electron chi connectivity index (χ1n) is 6.61. The number of pyridine rings is 1. The minimum Gasteiger partial charge on any atom is -0.391 e. The molecule has 0 amide bonds. The molecular weight excluding hydrogens is 262 g/mol. The molecule has 1 saturated carbocycles. The van der Waals surface area contributed by atoms with E-state index < -0.39 is 0 Å². The molecular formula is C14H16ClN3O. The van der Waals surface area contributed by atoms with Crippen LogP contribution >= 0.6 is 11.6 Å². The Kier molecular flexibility index (Phi) is 3.53. The highest BCUT2D eigenvalue weighted by Gasteiger charge is 2.26. The van der Waals surface area contributed by atoms with E-state index in [-0.39, 0.29) is 6.61 Å². The van der Waals surface area contributed by atoms with Gasteiger partial charge < -0.3 is 5.11 Å². The Balaban J connectivity index is 2.07. The molecule has 0 saturated heterocycles. The third kappa shape index (κ3) is 2.26. The van der Waals surface area contributed by atoms with E-state index >= 15 is 0 Å². The monoisotopic (exact) mass is 277 g/mol. The Morgan fingerprint density at radius 3 is 2.74 bits per heavy atom. The van der Waals surface area contributed by atoms with Gasteiger partial charge >= 0.3 is 0 Å². The SMILES string of the molecule is OCc1c(C2CCCC2)nn(-c2ccccn2)c1Cl. The molecule has 5 heteroatoms. The predicted molar refractivity (Wildman–Crippen MR) is 73.5 cm³/mol. The van der Waals surface area contributed by atoms with E-state index in [1.54, 1.807) is 10.9 Å². The molecule has 2 aromatic heterocycles. The molecule has 1 N–H and O–H groups in total. The summed E-state index contributed by atoms with van der Waals surface area (Å²) in [5, 5.41) is 14.6. The molecule has 2 heterocycles. The maximum Gasteiger partial charge on any atom is 0.155 e. The highest BCUT2D eigenvalue weighted by Crippen LogP contribution is 2.37. The molecule has 4 nitrogen and oxygen atoms in total. The van der Waals surface area contributed by atoms with Crippen molar-refractivity contribution in [1.29, 1.82) is 0 Å².